The topological polar surface area (TPSA) is 63.2 Å². The van der Waals surface area contributed by atoms with Crippen molar-refractivity contribution < 1.29 is 26.9 Å². The molecule has 0 fully saturated rings. The van der Waals surface area contributed by atoms with Gasteiger partial charge in [0.05, 0.1) is 18.8 Å². The zero-order valence-electron chi connectivity index (χ0n) is 23.5. The zero-order chi connectivity index (χ0) is 25.8. The summed E-state index contributed by atoms with van der Waals surface area (Å²) in [7, 11) is -9.81. The van der Waals surface area contributed by atoms with Gasteiger partial charge in [-0.05, 0) is 98.2 Å². The fourth-order valence-corrected chi connectivity index (χ4v) is 8.02. The maximum atomic E-state index is 12.3. The highest BCUT2D eigenvalue weighted by atomic mass is 28.4. The predicted octanol–water partition coefficient (Wildman–Crippen LogP) is 5.92. The van der Waals surface area contributed by atoms with Gasteiger partial charge in [0.25, 0.3) is 0 Å². The average Bonchev–Trinajstić information content (AvgIpc) is 2.48. The van der Waals surface area contributed by atoms with Crippen LogP contribution in [0.2, 0.25) is 98.2 Å². The predicted molar refractivity (Wildman–Crippen MR) is 148 cm³/mol. The first kappa shape index (κ1) is 32.6. The molecule has 0 aliphatic heterocycles. The Kier molecular flexibility index (Phi) is 12.2. The summed E-state index contributed by atoms with van der Waals surface area (Å²) in [4.78, 5) is 12.3. The summed E-state index contributed by atoms with van der Waals surface area (Å²) in [6.07, 6.45) is -1.11. The van der Waals surface area contributed by atoms with Gasteiger partial charge in [-0.25, -0.2) is 0 Å². The summed E-state index contributed by atoms with van der Waals surface area (Å²) in [6, 6.07) is 0. The maximum absolute atomic E-state index is 12.3. The highest BCUT2D eigenvalue weighted by molar-refractivity contribution is 6.71. The molecule has 4 atom stereocenters. The van der Waals surface area contributed by atoms with E-state index in [-0.39, 0.29) is 6.10 Å². The van der Waals surface area contributed by atoms with Gasteiger partial charge in [-0.3, -0.25) is 0 Å². The second kappa shape index (κ2) is 12.0. The lowest BCUT2D eigenvalue weighted by Crippen LogP contribution is -2.59. The summed E-state index contributed by atoms with van der Waals surface area (Å²) in [6.45, 7) is 32.6. The number of hydrogen-bond acceptors (Lipinski definition) is 6. The number of rotatable bonds is 15. The number of aldehydes is 1. The fourth-order valence-electron chi connectivity index (χ4n) is 3.05. The van der Waals surface area contributed by atoms with Crippen molar-refractivity contribution >= 4 is 47.9 Å². The number of carbonyl (C=O) groups excluding carboxylic acids is 1. The van der Waals surface area contributed by atoms with E-state index in [2.05, 4.69) is 98.2 Å². The van der Waals surface area contributed by atoms with E-state index >= 15 is 0 Å². The van der Waals surface area contributed by atoms with Crippen LogP contribution in [0.4, 0.5) is 0 Å². The average molecular weight is 541 g/mol. The van der Waals surface area contributed by atoms with Crippen molar-refractivity contribution in [2.45, 2.75) is 123 Å². The molecule has 0 heterocycles. The highest BCUT2D eigenvalue weighted by Gasteiger charge is 2.45. The van der Waals surface area contributed by atoms with E-state index in [1.807, 2.05) is 0 Å². The quantitative estimate of drug-likeness (QED) is 0.190. The molecule has 0 spiro atoms. The monoisotopic (exact) mass is 540 g/mol. The van der Waals surface area contributed by atoms with Crippen molar-refractivity contribution in [1.29, 1.82) is 0 Å². The molecule has 0 N–H and O–H groups in total. The zero-order valence-corrected chi connectivity index (χ0v) is 28.5. The number of hydrogen-bond donors (Lipinski definition) is 0. The molecule has 0 aromatic carbocycles. The van der Waals surface area contributed by atoms with Crippen molar-refractivity contribution in [1.82, 2.24) is 0 Å². The van der Waals surface area contributed by atoms with Gasteiger partial charge in [0, 0.05) is 0 Å². The SMILES string of the molecule is C[Si](C)(C)OC[C@H](O[Si](C)(C)C)[C@H](O[Si](C)(C)C)[C@@H](O[Si](C)(C)C)[C@@H](C=O)O[Si](C)(C)C. The molecule has 0 aliphatic rings. The third-order valence-electron chi connectivity index (χ3n) is 3.80. The van der Waals surface area contributed by atoms with E-state index in [1.54, 1.807) is 0 Å². The first-order valence-corrected chi connectivity index (χ1v) is 28.8. The third kappa shape index (κ3) is 16.2. The van der Waals surface area contributed by atoms with Crippen LogP contribution in [0.15, 0.2) is 0 Å². The molecule has 0 saturated carbocycles. The Balaban J connectivity index is 6.51. The molecule has 0 aliphatic carbocycles. The molecule has 0 unspecified atom stereocenters. The van der Waals surface area contributed by atoms with Gasteiger partial charge in [-0.15, -0.1) is 0 Å². The summed E-state index contributed by atoms with van der Waals surface area (Å²) < 4.78 is 32.8. The molecule has 6 nitrogen and oxygen atoms in total. The lowest BCUT2D eigenvalue weighted by molar-refractivity contribution is -0.127. The van der Waals surface area contributed by atoms with Crippen LogP contribution in [0.3, 0.4) is 0 Å². The summed E-state index contributed by atoms with van der Waals surface area (Å²) in [5.74, 6) is 0. The fraction of sp³-hybridized carbons (Fsp3) is 0.952. The Morgan fingerprint density at radius 1 is 0.531 bits per heavy atom. The van der Waals surface area contributed by atoms with E-state index in [4.69, 9.17) is 22.1 Å². The molecule has 0 radical (unpaired) electrons. The first-order chi connectivity index (χ1) is 13.9. The molecular formula is C21H52O6Si5. The second-order valence-corrected chi connectivity index (χ2v) is 35.8. The smallest absolute Gasteiger partial charge is 0.184 e. The van der Waals surface area contributed by atoms with Gasteiger partial charge in [-0.2, -0.15) is 0 Å². The third-order valence-corrected chi connectivity index (χ3v) is 8.78. The molecule has 11 heteroatoms. The summed E-state index contributed by atoms with van der Waals surface area (Å²) >= 11 is 0. The molecule has 32 heavy (non-hydrogen) atoms. The van der Waals surface area contributed by atoms with Gasteiger partial charge >= 0.3 is 0 Å². The van der Waals surface area contributed by atoms with Crippen molar-refractivity contribution in [2.75, 3.05) is 6.61 Å². The van der Waals surface area contributed by atoms with Crippen LogP contribution in [-0.4, -0.2) is 78.9 Å². The minimum absolute atomic E-state index is 0.325. The molecule has 0 amide bonds. The van der Waals surface area contributed by atoms with Crippen LogP contribution >= 0.6 is 0 Å². The van der Waals surface area contributed by atoms with Crippen LogP contribution in [0.5, 0.6) is 0 Å². The Morgan fingerprint density at radius 2 is 0.906 bits per heavy atom. The van der Waals surface area contributed by atoms with Crippen LogP contribution in [-0.2, 0) is 26.9 Å². The van der Waals surface area contributed by atoms with Crippen LogP contribution < -0.4 is 0 Å². The molecule has 0 rings (SSSR count). The van der Waals surface area contributed by atoms with Gasteiger partial charge in [0.2, 0.25) is 0 Å². The van der Waals surface area contributed by atoms with Crippen molar-refractivity contribution in [2.24, 2.45) is 0 Å². The number of carbonyl (C=O) groups is 1. The van der Waals surface area contributed by atoms with E-state index in [0.29, 0.717) is 6.61 Å². The molecule has 0 aromatic rings. The van der Waals surface area contributed by atoms with E-state index in [9.17, 15) is 4.79 Å². The van der Waals surface area contributed by atoms with E-state index in [0.717, 1.165) is 6.29 Å². The van der Waals surface area contributed by atoms with Crippen LogP contribution in [0.25, 0.3) is 0 Å². The Hall–Kier alpha value is 0.554. The van der Waals surface area contributed by atoms with Gasteiger partial charge in [0.15, 0.2) is 41.6 Å². The summed E-state index contributed by atoms with van der Waals surface area (Å²) in [5.41, 5.74) is 0. The largest absolute Gasteiger partial charge is 0.415 e. The van der Waals surface area contributed by atoms with Crippen molar-refractivity contribution in [3.63, 3.8) is 0 Å². The van der Waals surface area contributed by atoms with Gasteiger partial charge < -0.3 is 26.9 Å². The van der Waals surface area contributed by atoms with Gasteiger partial charge in [-0.1, -0.05) is 0 Å². The lowest BCUT2D eigenvalue weighted by atomic mass is 10.0. The van der Waals surface area contributed by atoms with Crippen LogP contribution in [0, 0.1) is 0 Å². The summed E-state index contributed by atoms with van der Waals surface area (Å²) in [5, 5.41) is 0. The molecule has 192 valence electrons. The normalized spacial score (nSPS) is 18.2. The molecule has 0 aromatic heterocycles. The second-order valence-electron chi connectivity index (χ2n) is 13.4. The Bertz CT molecular complexity index is 570. The molecule has 0 saturated heterocycles. The van der Waals surface area contributed by atoms with E-state index in [1.165, 1.54) is 0 Å². The van der Waals surface area contributed by atoms with E-state index < -0.39 is 59.9 Å². The van der Waals surface area contributed by atoms with Crippen LogP contribution in [0.1, 0.15) is 0 Å². The molecule has 0 bridgehead atoms. The van der Waals surface area contributed by atoms with Crippen molar-refractivity contribution in [3.05, 3.63) is 0 Å². The first-order valence-electron chi connectivity index (χ1n) is 11.7. The Morgan fingerprint density at radius 3 is 1.22 bits per heavy atom. The maximum Gasteiger partial charge on any atom is 0.184 e. The standard InChI is InChI=1S/C21H52O6Si5/c1-28(2,3)23-17-19(25-30(7,8)9)21(27-32(13,14)15)20(26-31(10,11)12)18(16-22)24-29(4,5)6/h16,18-21H,17H2,1-15H3/t18-,19+,20+,21+/m1/s1. The highest BCUT2D eigenvalue weighted by Crippen LogP contribution is 2.28. The van der Waals surface area contributed by atoms with Gasteiger partial charge in [0.1, 0.15) is 18.5 Å². The minimum atomic E-state index is -2.04. The Labute approximate surface area is 203 Å². The molecular weight excluding hydrogens is 489 g/mol. The van der Waals surface area contributed by atoms with Crippen molar-refractivity contribution in [3.8, 4) is 0 Å². The lowest BCUT2D eigenvalue weighted by Gasteiger charge is -2.44. The minimum Gasteiger partial charge on any atom is -0.415 e.